The van der Waals surface area contributed by atoms with Gasteiger partial charge in [-0.2, -0.15) is 0 Å². The molecule has 0 radical (unpaired) electrons. The maximum Gasteiger partial charge on any atom is 0.123 e. The average molecular weight is 277 g/mol. The van der Waals surface area contributed by atoms with E-state index in [9.17, 15) is 9.50 Å². The smallest absolute Gasteiger partial charge is 0.123 e. The number of hydrogen-bond donors (Lipinski definition) is 2. The number of halogens is 1. The molecule has 3 heteroatoms. The van der Waals surface area contributed by atoms with E-state index in [0.29, 0.717) is 17.9 Å². The summed E-state index contributed by atoms with van der Waals surface area (Å²) in [5, 5.41) is 13.4. The minimum absolute atomic E-state index is 0.110. The first-order valence-corrected chi connectivity index (χ1v) is 7.89. The lowest BCUT2D eigenvalue weighted by Gasteiger charge is -2.28. The molecule has 3 unspecified atom stereocenters. The SMILES string of the molecule is OC1CCCC(CNC(c2ccc(F)cc2)C2CC2)C1. The molecule has 2 aliphatic carbocycles. The molecule has 2 N–H and O–H groups in total. The summed E-state index contributed by atoms with van der Waals surface area (Å²) in [7, 11) is 0. The summed E-state index contributed by atoms with van der Waals surface area (Å²) >= 11 is 0. The van der Waals surface area contributed by atoms with Crippen LogP contribution >= 0.6 is 0 Å². The fourth-order valence-electron chi connectivity index (χ4n) is 3.40. The van der Waals surface area contributed by atoms with Crippen LogP contribution in [0.25, 0.3) is 0 Å². The summed E-state index contributed by atoms with van der Waals surface area (Å²) in [6.45, 7) is 0.968. The Hall–Kier alpha value is -0.930. The molecule has 0 heterocycles. The highest BCUT2D eigenvalue weighted by atomic mass is 19.1. The van der Waals surface area contributed by atoms with E-state index in [1.54, 1.807) is 12.1 Å². The minimum atomic E-state index is -0.168. The number of aliphatic hydroxyl groups is 1. The van der Waals surface area contributed by atoms with Gasteiger partial charge in [-0.1, -0.05) is 18.6 Å². The zero-order valence-corrected chi connectivity index (χ0v) is 11.9. The molecule has 0 aromatic heterocycles. The van der Waals surface area contributed by atoms with Gasteiger partial charge in [0.05, 0.1) is 6.10 Å². The van der Waals surface area contributed by atoms with Crippen molar-refractivity contribution in [2.75, 3.05) is 6.54 Å². The molecule has 0 amide bonds. The van der Waals surface area contributed by atoms with Gasteiger partial charge in [0.2, 0.25) is 0 Å². The summed E-state index contributed by atoms with van der Waals surface area (Å²) in [6.07, 6.45) is 6.66. The van der Waals surface area contributed by atoms with Crippen LogP contribution in [0.15, 0.2) is 24.3 Å². The number of benzene rings is 1. The quantitative estimate of drug-likeness (QED) is 0.864. The molecule has 0 saturated heterocycles. The van der Waals surface area contributed by atoms with E-state index in [-0.39, 0.29) is 11.9 Å². The number of hydrogen-bond acceptors (Lipinski definition) is 2. The van der Waals surface area contributed by atoms with Crippen LogP contribution in [-0.2, 0) is 0 Å². The fraction of sp³-hybridized carbons (Fsp3) is 0.647. The maximum atomic E-state index is 13.0. The van der Waals surface area contributed by atoms with E-state index in [1.165, 1.54) is 24.8 Å². The van der Waals surface area contributed by atoms with Crippen molar-refractivity contribution >= 4 is 0 Å². The van der Waals surface area contributed by atoms with E-state index in [0.717, 1.165) is 25.8 Å². The van der Waals surface area contributed by atoms with Crippen molar-refractivity contribution in [3.05, 3.63) is 35.6 Å². The van der Waals surface area contributed by atoms with Crippen molar-refractivity contribution in [3.63, 3.8) is 0 Å². The van der Waals surface area contributed by atoms with Crippen molar-refractivity contribution in [2.24, 2.45) is 11.8 Å². The maximum absolute atomic E-state index is 13.0. The van der Waals surface area contributed by atoms with Crippen molar-refractivity contribution in [2.45, 2.75) is 50.7 Å². The summed E-state index contributed by atoms with van der Waals surface area (Å²) in [4.78, 5) is 0. The molecule has 1 aromatic rings. The van der Waals surface area contributed by atoms with E-state index in [1.807, 2.05) is 12.1 Å². The summed E-state index contributed by atoms with van der Waals surface area (Å²) in [5.41, 5.74) is 1.20. The first-order valence-electron chi connectivity index (χ1n) is 7.89. The first kappa shape index (κ1) is 14.0. The third-order valence-electron chi connectivity index (χ3n) is 4.70. The molecule has 2 aliphatic rings. The van der Waals surface area contributed by atoms with E-state index in [2.05, 4.69) is 5.32 Å². The molecule has 0 aliphatic heterocycles. The van der Waals surface area contributed by atoms with Crippen molar-refractivity contribution in [3.8, 4) is 0 Å². The van der Waals surface area contributed by atoms with Gasteiger partial charge in [0, 0.05) is 6.04 Å². The largest absolute Gasteiger partial charge is 0.393 e. The molecular weight excluding hydrogens is 253 g/mol. The van der Waals surface area contributed by atoms with Gasteiger partial charge < -0.3 is 10.4 Å². The third kappa shape index (κ3) is 3.58. The molecule has 2 nitrogen and oxygen atoms in total. The molecule has 1 aromatic carbocycles. The summed E-state index contributed by atoms with van der Waals surface area (Å²) in [5.74, 6) is 1.12. The Labute approximate surface area is 120 Å². The molecule has 2 fully saturated rings. The number of aliphatic hydroxyl groups excluding tert-OH is 1. The second-order valence-electron chi connectivity index (χ2n) is 6.46. The van der Waals surface area contributed by atoms with Gasteiger partial charge in [-0.25, -0.2) is 4.39 Å². The molecule has 0 bridgehead atoms. The van der Waals surface area contributed by atoms with Crippen LogP contribution in [0.5, 0.6) is 0 Å². The molecule has 2 saturated carbocycles. The zero-order valence-electron chi connectivity index (χ0n) is 11.9. The van der Waals surface area contributed by atoms with Gasteiger partial charge in [-0.15, -0.1) is 0 Å². The Bertz CT molecular complexity index is 429. The van der Waals surface area contributed by atoms with Crippen molar-refractivity contribution < 1.29 is 9.50 Å². The summed E-state index contributed by atoms with van der Waals surface area (Å²) in [6, 6.07) is 7.27. The number of nitrogens with one attached hydrogen (secondary N) is 1. The van der Waals surface area contributed by atoms with Crippen LogP contribution in [0.2, 0.25) is 0 Å². The van der Waals surface area contributed by atoms with Gasteiger partial charge in [0.15, 0.2) is 0 Å². The predicted octanol–water partition coefficient (Wildman–Crippen LogP) is 3.42. The molecule has 3 atom stereocenters. The van der Waals surface area contributed by atoms with E-state index in [4.69, 9.17) is 0 Å². The second-order valence-corrected chi connectivity index (χ2v) is 6.46. The zero-order chi connectivity index (χ0) is 13.9. The van der Waals surface area contributed by atoms with Crippen LogP contribution in [0.3, 0.4) is 0 Å². The lowest BCUT2D eigenvalue weighted by molar-refractivity contribution is 0.0993. The number of rotatable bonds is 5. The molecule has 20 heavy (non-hydrogen) atoms. The third-order valence-corrected chi connectivity index (χ3v) is 4.70. The monoisotopic (exact) mass is 277 g/mol. The van der Waals surface area contributed by atoms with Crippen LogP contribution in [0.1, 0.15) is 50.1 Å². The Morgan fingerprint density at radius 2 is 1.90 bits per heavy atom. The predicted molar refractivity (Wildman–Crippen MR) is 77.8 cm³/mol. The van der Waals surface area contributed by atoms with Crippen LogP contribution < -0.4 is 5.32 Å². The Balaban J connectivity index is 1.59. The highest BCUT2D eigenvalue weighted by Gasteiger charge is 2.32. The van der Waals surface area contributed by atoms with Crippen molar-refractivity contribution in [1.82, 2.24) is 5.32 Å². The highest BCUT2D eigenvalue weighted by molar-refractivity contribution is 5.22. The van der Waals surface area contributed by atoms with Crippen LogP contribution in [0, 0.1) is 17.7 Å². The minimum Gasteiger partial charge on any atom is -0.393 e. The van der Waals surface area contributed by atoms with Crippen molar-refractivity contribution in [1.29, 1.82) is 0 Å². The Kier molecular flexibility index (Phi) is 4.37. The highest BCUT2D eigenvalue weighted by Crippen LogP contribution is 2.41. The lowest BCUT2D eigenvalue weighted by atomic mass is 9.87. The van der Waals surface area contributed by atoms with Gasteiger partial charge in [0.1, 0.15) is 5.82 Å². The Morgan fingerprint density at radius 3 is 2.55 bits per heavy atom. The van der Waals surface area contributed by atoms with Gasteiger partial charge >= 0.3 is 0 Å². The normalized spacial score (nSPS) is 28.3. The standard InChI is InChI=1S/C17H24FNO/c18-15-8-6-14(7-9-15)17(13-4-5-13)19-11-12-2-1-3-16(20)10-12/h6-9,12-13,16-17,19-20H,1-5,10-11H2. The fourth-order valence-corrected chi connectivity index (χ4v) is 3.40. The van der Waals surface area contributed by atoms with Gasteiger partial charge in [-0.05, 0) is 68.2 Å². The lowest BCUT2D eigenvalue weighted by Crippen LogP contribution is -2.32. The van der Waals surface area contributed by atoms with Crippen LogP contribution in [0.4, 0.5) is 4.39 Å². The topological polar surface area (TPSA) is 32.3 Å². The van der Waals surface area contributed by atoms with Gasteiger partial charge in [-0.3, -0.25) is 0 Å². The summed E-state index contributed by atoms with van der Waals surface area (Å²) < 4.78 is 13.0. The first-order chi connectivity index (χ1) is 9.72. The van der Waals surface area contributed by atoms with E-state index >= 15 is 0 Å². The molecular formula is C17H24FNO. The second kappa shape index (κ2) is 6.23. The Morgan fingerprint density at radius 1 is 1.15 bits per heavy atom. The van der Waals surface area contributed by atoms with E-state index < -0.39 is 0 Å². The molecule has 0 spiro atoms. The average Bonchev–Trinajstić information content (AvgIpc) is 3.26. The van der Waals surface area contributed by atoms with Gasteiger partial charge in [0.25, 0.3) is 0 Å². The molecule has 3 rings (SSSR count). The molecule has 110 valence electrons. The van der Waals surface area contributed by atoms with Crippen LogP contribution in [-0.4, -0.2) is 17.8 Å².